The maximum Gasteiger partial charge on any atom is 0.251 e. The summed E-state index contributed by atoms with van der Waals surface area (Å²) < 4.78 is 16.7. The lowest BCUT2D eigenvalue weighted by Gasteiger charge is -2.07. The number of halogens is 1. The minimum absolute atomic E-state index is 0.201. The van der Waals surface area contributed by atoms with Crippen LogP contribution in [0.5, 0.6) is 0 Å². The van der Waals surface area contributed by atoms with Gasteiger partial charge in [-0.15, -0.1) is 0 Å². The number of nitrogens with zero attached hydrogens (tertiary/aromatic N) is 5. The number of carbonyl (C=O) groups excluding carboxylic acids is 1. The van der Waals surface area contributed by atoms with Crippen molar-refractivity contribution in [3.8, 4) is 17.4 Å². The quantitative estimate of drug-likeness (QED) is 0.325. The molecule has 8 nitrogen and oxygen atoms in total. The number of aryl methyl sites for hydroxylation is 2. The van der Waals surface area contributed by atoms with Gasteiger partial charge >= 0.3 is 0 Å². The largest absolute Gasteiger partial charge is 0.382 e. The second-order valence-electron chi connectivity index (χ2n) is 8.60. The Morgan fingerprint density at radius 1 is 1.08 bits per heavy atom. The predicted molar refractivity (Wildman–Crippen MR) is 139 cm³/mol. The molecule has 0 atom stereocenters. The van der Waals surface area contributed by atoms with Gasteiger partial charge in [0.25, 0.3) is 5.91 Å². The van der Waals surface area contributed by atoms with E-state index in [2.05, 4.69) is 26.0 Å². The number of nitrogens with two attached hydrogens (primary N) is 1. The average molecular weight is 494 g/mol. The first-order chi connectivity index (χ1) is 18.0. The molecule has 2 aromatic heterocycles. The van der Waals surface area contributed by atoms with Crippen LogP contribution in [0.4, 0.5) is 10.2 Å². The highest BCUT2D eigenvalue weighted by molar-refractivity contribution is 5.97. The van der Waals surface area contributed by atoms with Gasteiger partial charge in [0.2, 0.25) is 0 Å². The van der Waals surface area contributed by atoms with Crippen LogP contribution in [0.15, 0.2) is 72.8 Å². The summed E-state index contributed by atoms with van der Waals surface area (Å²) in [5.41, 5.74) is 10.7. The van der Waals surface area contributed by atoms with Gasteiger partial charge in [-0.1, -0.05) is 18.2 Å². The molecule has 184 valence electrons. The smallest absolute Gasteiger partial charge is 0.251 e. The Morgan fingerprint density at radius 2 is 1.84 bits per heavy atom. The van der Waals surface area contributed by atoms with Crippen molar-refractivity contribution in [3.05, 3.63) is 101 Å². The van der Waals surface area contributed by atoms with Crippen molar-refractivity contribution < 1.29 is 9.18 Å². The van der Waals surface area contributed by atoms with Crippen LogP contribution in [0.2, 0.25) is 0 Å². The summed E-state index contributed by atoms with van der Waals surface area (Å²) in [6.07, 6.45) is 1.01. The molecule has 0 bridgehead atoms. The lowest BCUT2D eigenvalue weighted by molar-refractivity contribution is 0.0953. The highest BCUT2D eigenvalue weighted by Crippen LogP contribution is 2.23. The zero-order chi connectivity index (χ0) is 25.9. The van der Waals surface area contributed by atoms with Crippen LogP contribution >= 0.6 is 0 Å². The number of carbonyl (C=O) groups is 1. The number of benzene rings is 3. The van der Waals surface area contributed by atoms with Crippen molar-refractivity contribution in [2.24, 2.45) is 0 Å². The Balaban J connectivity index is 1.25. The molecule has 3 aromatic carbocycles. The Hall–Kier alpha value is -4.97. The molecule has 0 aliphatic carbocycles. The van der Waals surface area contributed by atoms with Gasteiger partial charge < -0.3 is 11.1 Å². The minimum Gasteiger partial charge on any atom is -0.382 e. The van der Waals surface area contributed by atoms with E-state index in [0.29, 0.717) is 36.3 Å². The average Bonchev–Trinajstić information content (AvgIpc) is 3.41. The summed E-state index contributed by atoms with van der Waals surface area (Å²) in [5.74, 6) is 0.466. The van der Waals surface area contributed by atoms with Crippen molar-refractivity contribution in [1.29, 1.82) is 5.26 Å². The predicted octanol–water partition coefficient (Wildman–Crippen LogP) is 4.48. The maximum absolute atomic E-state index is 13.3. The zero-order valence-corrected chi connectivity index (χ0v) is 20.1. The summed E-state index contributed by atoms with van der Waals surface area (Å²) >= 11 is 0. The third-order valence-corrected chi connectivity index (χ3v) is 6.15. The van der Waals surface area contributed by atoms with Gasteiger partial charge in [0, 0.05) is 17.8 Å². The number of fused-ring (bicyclic) bond motifs is 1. The molecule has 0 saturated heterocycles. The van der Waals surface area contributed by atoms with Crippen LogP contribution in [0.1, 0.15) is 33.9 Å². The van der Waals surface area contributed by atoms with Crippen LogP contribution in [0, 0.1) is 24.1 Å². The number of aromatic nitrogens is 4. The number of nitrogen functional groups attached to an aromatic ring is 1. The van der Waals surface area contributed by atoms with Crippen molar-refractivity contribution in [3.63, 3.8) is 0 Å². The first-order valence-electron chi connectivity index (χ1n) is 11.8. The van der Waals surface area contributed by atoms with Gasteiger partial charge in [0.05, 0.1) is 22.4 Å². The van der Waals surface area contributed by atoms with Gasteiger partial charge in [0.1, 0.15) is 29.1 Å². The van der Waals surface area contributed by atoms with Gasteiger partial charge in [-0.2, -0.15) is 10.4 Å². The van der Waals surface area contributed by atoms with E-state index in [1.165, 1.54) is 16.8 Å². The maximum atomic E-state index is 13.3. The molecule has 5 rings (SSSR count). The van der Waals surface area contributed by atoms with Crippen molar-refractivity contribution in [1.82, 2.24) is 24.6 Å². The summed E-state index contributed by atoms with van der Waals surface area (Å²) in [7, 11) is 0. The second kappa shape index (κ2) is 9.95. The number of rotatable bonds is 7. The topological polar surface area (TPSA) is 115 Å². The normalized spacial score (nSPS) is 10.9. The van der Waals surface area contributed by atoms with Gasteiger partial charge in [0.15, 0.2) is 0 Å². The lowest BCUT2D eigenvalue weighted by atomic mass is 10.1. The number of hydrogen-bond acceptors (Lipinski definition) is 5. The van der Waals surface area contributed by atoms with Crippen LogP contribution in [0.3, 0.4) is 0 Å². The second-order valence-corrected chi connectivity index (χ2v) is 8.60. The SMILES string of the molecule is Cc1nc2cc(C(=O)NCCCc3nn(-c4ccc(F)cc4)c(N)c3C#N)ccc2n1-c1ccccc1. The number of para-hydroxylation sites is 1. The Morgan fingerprint density at radius 3 is 2.57 bits per heavy atom. The van der Waals surface area contributed by atoms with Crippen LogP contribution in [0.25, 0.3) is 22.4 Å². The fourth-order valence-corrected chi connectivity index (χ4v) is 4.36. The number of imidazole rings is 1. The lowest BCUT2D eigenvalue weighted by Crippen LogP contribution is -2.24. The van der Waals surface area contributed by atoms with E-state index in [-0.39, 0.29) is 23.1 Å². The molecule has 0 fully saturated rings. The fraction of sp³-hybridized carbons (Fsp3) is 0.143. The van der Waals surface area contributed by atoms with Crippen molar-refractivity contribution >= 4 is 22.8 Å². The summed E-state index contributed by atoms with van der Waals surface area (Å²) in [6, 6.07) is 23.2. The standard InChI is InChI=1S/C28H24FN7O/c1-18-33-25-16-19(9-14-26(25)35(18)21-6-3-2-4-7-21)28(37)32-15-5-8-24-23(17-30)27(31)36(34-24)22-12-10-20(29)11-13-22/h2-4,6-7,9-14,16H,5,8,15,31H2,1H3,(H,32,37). The molecule has 0 aliphatic rings. The fourth-order valence-electron chi connectivity index (χ4n) is 4.36. The molecule has 0 saturated carbocycles. The molecule has 9 heteroatoms. The molecule has 5 aromatic rings. The zero-order valence-electron chi connectivity index (χ0n) is 20.1. The van der Waals surface area contributed by atoms with Gasteiger partial charge in [-0.3, -0.25) is 9.36 Å². The summed E-state index contributed by atoms with van der Waals surface area (Å²) in [5, 5.41) is 16.9. The number of nitrogens with one attached hydrogen (secondary N) is 1. The van der Waals surface area contributed by atoms with Crippen molar-refractivity contribution in [2.45, 2.75) is 19.8 Å². The number of hydrogen-bond donors (Lipinski definition) is 2. The first kappa shape index (κ1) is 23.8. The molecular weight excluding hydrogens is 469 g/mol. The molecule has 2 heterocycles. The van der Waals surface area contributed by atoms with Gasteiger partial charge in [-0.25, -0.2) is 14.1 Å². The molecule has 0 aliphatic heterocycles. The van der Waals surface area contributed by atoms with E-state index in [4.69, 9.17) is 5.73 Å². The van der Waals surface area contributed by atoms with E-state index < -0.39 is 0 Å². The molecule has 0 unspecified atom stereocenters. The number of amides is 1. The number of nitriles is 1. The Bertz CT molecular complexity index is 1630. The summed E-state index contributed by atoms with van der Waals surface area (Å²) in [6.45, 7) is 2.33. The highest BCUT2D eigenvalue weighted by Gasteiger charge is 2.17. The Kier molecular flexibility index (Phi) is 6.39. The van der Waals surface area contributed by atoms with Crippen LogP contribution in [-0.2, 0) is 6.42 Å². The molecular formula is C28H24FN7O. The van der Waals surface area contributed by atoms with Crippen LogP contribution in [-0.4, -0.2) is 31.8 Å². The summed E-state index contributed by atoms with van der Waals surface area (Å²) in [4.78, 5) is 17.4. The van der Waals surface area contributed by atoms with E-state index in [0.717, 1.165) is 22.5 Å². The monoisotopic (exact) mass is 493 g/mol. The van der Waals surface area contributed by atoms with Gasteiger partial charge in [-0.05, 0) is 74.4 Å². The molecule has 1 amide bonds. The minimum atomic E-state index is -0.371. The van der Waals surface area contributed by atoms with E-state index in [9.17, 15) is 14.4 Å². The van der Waals surface area contributed by atoms with E-state index in [1.807, 2.05) is 43.3 Å². The van der Waals surface area contributed by atoms with E-state index in [1.54, 1.807) is 24.3 Å². The van der Waals surface area contributed by atoms with E-state index >= 15 is 0 Å². The van der Waals surface area contributed by atoms with Crippen LogP contribution < -0.4 is 11.1 Å². The first-order valence-corrected chi connectivity index (χ1v) is 11.8. The highest BCUT2D eigenvalue weighted by atomic mass is 19.1. The third-order valence-electron chi connectivity index (χ3n) is 6.15. The Labute approximate surface area is 212 Å². The molecule has 0 radical (unpaired) electrons. The van der Waals surface area contributed by atoms with Crippen molar-refractivity contribution in [2.75, 3.05) is 12.3 Å². The third kappa shape index (κ3) is 4.65. The number of anilines is 1. The molecule has 37 heavy (non-hydrogen) atoms. The molecule has 0 spiro atoms. The molecule has 3 N–H and O–H groups in total.